The molecule has 2 amide bonds. The molecule has 2 rings (SSSR count). The third-order valence-electron chi connectivity index (χ3n) is 3.64. The minimum atomic E-state index is -0.472. The highest BCUT2D eigenvalue weighted by atomic mass is 79.9. The zero-order valence-corrected chi connectivity index (χ0v) is 16.7. The molecule has 0 heterocycles. The van der Waals surface area contributed by atoms with Gasteiger partial charge in [-0.15, -0.1) is 0 Å². The lowest BCUT2D eigenvalue weighted by atomic mass is 10.2. The number of halogens is 1. The summed E-state index contributed by atoms with van der Waals surface area (Å²) in [4.78, 5) is 23.6. The van der Waals surface area contributed by atoms with Crippen molar-refractivity contribution >= 4 is 33.8 Å². The van der Waals surface area contributed by atoms with Gasteiger partial charge < -0.3 is 9.47 Å². The van der Waals surface area contributed by atoms with Gasteiger partial charge in [0.1, 0.15) is 11.5 Å². The van der Waals surface area contributed by atoms with Crippen molar-refractivity contribution in [3.05, 3.63) is 64.1 Å². The SMILES string of the molecule is CCc1ccc(OCC(=O)NNC(=O)C=Cc2ccccc2OC)c(Br)c1. The van der Waals surface area contributed by atoms with Gasteiger partial charge in [-0.3, -0.25) is 20.4 Å². The Morgan fingerprint density at radius 1 is 1.11 bits per heavy atom. The molecule has 0 aromatic heterocycles. The lowest BCUT2D eigenvalue weighted by molar-refractivity contribution is -0.128. The first kappa shape index (κ1) is 20.5. The predicted molar refractivity (Wildman–Crippen MR) is 107 cm³/mol. The molecule has 2 N–H and O–H groups in total. The Bertz CT molecular complexity index is 836. The number of aryl methyl sites for hydroxylation is 1. The van der Waals surface area contributed by atoms with Gasteiger partial charge in [-0.05, 0) is 52.2 Å². The number of carbonyl (C=O) groups is 2. The molecule has 0 saturated heterocycles. The van der Waals surface area contributed by atoms with Crippen molar-refractivity contribution in [2.75, 3.05) is 13.7 Å². The maximum Gasteiger partial charge on any atom is 0.276 e. The van der Waals surface area contributed by atoms with Crippen molar-refractivity contribution in [3.8, 4) is 11.5 Å². The Hall–Kier alpha value is -2.80. The predicted octanol–water partition coefficient (Wildman–Crippen LogP) is 3.26. The van der Waals surface area contributed by atoms with Crippen molar-refractivity contribution in [1.29, 1.82) is 0 Å². The summed E-state index contributed by atoms with van der Waals surface area (Å²) in [5.41, 5.74) is 6.51. The monoisotopic (exact) mass is 432 g/mol. The summed E-state index contributed by atoms with van der Waals surface area (Å²) >= 11 is 3.41. The first-order valence-electron chi connectivity index (χ1n) is 8.34. The van der Waals surface area contributed by atoms with Crippen LogP contribution in [0.1, 0.15) is 18.1 Å². The second-order valence-corrected chi connectivity index (χ2v) is 6.37. The van der Waals surface area contributed by atoms with Crippen molar-refractivity contribution in [2.24, 2.45) is 0 Å². The Morgan fingerprint density at radius 2 is 1.89 bits per heavy atom. The van der Waals surface area contributed by atoms with E-state index >= 15 is 0 Å². The van der Waals surface area contributed by atoms with Crippen LogP contribution in [-0.4, -0.2) is 25.5 Å². The third-order valence-corrected chi connectivity index (χ3v) is 4.26. The normalized spacial score (nSPS) is 10.5. The summed E-state index contributed by atoms with van der Waals surface area (Å²) in [6.45, 7) is 1.83. The van der Waals surface area contributed by atoms with Crippen LogP contribution in [0.4, 0.5) is 0 Å². The number of nitrogens with one attached hydrogen (secondary N) is 2. The van der Waals surface area contributed by atoms with Crippen molar-refractivity contribution in [1.82, 2.24) is 10.9 Å². The van der Waals surface area contributed by atoms with E-state index in [-0.39, 0.29) is 6.61 Å². The molecule has 0 radical (unpaired) electrons. The molecule has 27 heavy (non-hydrogen) atoms. The van der Waals surface area contributed by atoms with Crippen LogP contribution >= 0.6 is 15.9 Å². The molecule has 0 fully saturated rings. The molecule has 0 aliphatic rings. The largest absolute Gasteiger partial charge is 0.496 e. The standard InChI is InChI=1S/C20H21BrN2O4/c1-3-14-8-10-18(16(21)12-14)27-13-20(25)23-22-19(24)11-9-15-6-4-5-7-17(15)26-2/h4-12H,3,13H2,1-2H3,(H,22,24)(H,23,25). The summed E-state index contributed by atoms with van der Waals surface area (Å²) in [6, 6.07) is 13.0. The molecule has 6 nitrogen and oxygen atoms in total. The smallest absolute Gasteiger partial charge is 0.276 e. The van der Waals surface area contributed by atoms with E-state index in [4.69, 9.17) is 9.47 Å². The van der Waals surface area contributed by atoms with Crippen LogP contribution in [0.3, 0.4) is 0 Å². The van der Waals surface area contributed by atoms with E-state index in [1.54, 1.807) is 25.3 Å². The number of hydrogen-bond acceptors (Lipinski definition) is 4. The Kier molecular flexibility index (Phi) is 7.88. The van der Waals surface area contributed by atoms with Crippen molar-refractivity contribution in [2.45, 2.75) is 13.3 Å². The quantitative estimate of drug-likeness (QED) is 0.519. The zero-order chi connectivity index (χ0) is 19.6. The maximum absolute atomic E-state index is 11.8. The molecule has 0 bridgehead atoms. The molecule has 2 aromatic rings. The lowest BCUT2D eigenvalue weighted by Gasteiger charge is -2.10. The molecule has 0 saturated carbocycles. The number of carbonyl (C=O) groups excluding carboxylic acids is 2. The van der Waals surface area contributed by atoms with E-state index in [9.17, 15) is 9.59 Å². The van der Waals surface area contributed by atoms with E-state index in [0.29, 0.717) is 11.5 Å². The fourth-order valence-corrected chi connectivity index (χ4v) is 2.74. The van der Waals surface area contributed by atoms with Gasteiger partial charge in [-0.25, -0.2) is 0 Å². The number of hydrogen-bond donors (Lipinski definition) is 2. The molecule has 142 valence electrons. The highest BCUT2D eigenvalue weighted by Crippen LogP contribution is 2.26. The van der Waals surface area contributed by atoms with E-state index in [1.807, 2.05) is 30.3 Å². The molecule has 2 aromatic carbocycles. The fourth-order valence-electron chi connectivity index (χ4n) is 2.20. The maximum atomic E-state index is 11.8. The van der Waals surface area contributed by atoms with Gasteiger partial charge in [0, 0.05) is 11.6 Å². The van der Waals surface area contributed by atoms with Crippen LogP contribution in [0.2, 0.25) is 0 Å². The number of methoxy groups -OCH3 is 1. The third kappa shape index (κ3) is 6.45. The minimum absolute atomic E-state index is 0.222. The van der Waals surface area contributed by atoms with E-state index in [0.717, 1.165) is 22.0 Å². The van der Waals surface area contributed by atoms with Gasteiger partial charge in [0.25, 0.3) is 11.8 Å². The first-order valence-corrected chi connectivity index (χ1v) is 9.14. The number of rotatable bonds is 7. The molecular formula is C20H21BrN2O4. The van der Waals surface area contributed by atoms with Crippen LogP contribution in [0, 0.1) is 0 Å². The fraction of sp³-hybridized carbons (Fsp3) is 0.200. The second kappa shape index (κ2) is 10.4. The average molecular weight is 433 g/mol. The summed E-state index contributed by atoms with van der Waals surface area (Å²) in [5.74, 6) is 0.270. The average Bonchev–Trinajstić information content (AvgIpc) is 2.69. The van der Waals surface area contributed by atoms with Gasteiger partial charge in [0.2, 0.25) is 0 Å². The first-order chi connectivity index (χ1) is 13.0. The highest BCUT2D eigenvalue weighted by Gasteiger charge is 2.07. The van der Waals surface area contributed by atoms with Crippen molar-refractivity contribution < 1.29 is 19.1 Å². The summed E-state index contributed by atoms with van der Waals surface area (Å²) in [6.07, 6.45) is 3.82. The lowest BCUT2D eigenvalue weighted by Crippen LogP contribution is -2.43. The van der Waals surface area contributed by atoms with E-state index < -0.39 is 11.8 Å². The van der Waals surface area contributed by atoms with Gasteiger partial charge in [-0.2, -0.15) is 0 Å². The van der Waals surface area contributed by atoms with Crippen LogP contribution in [-0.2, 0) is 16.0 Å². The Labute approximate surface area is 166 Å². The van der Waals surface area contributed by atoms with Gasteiger partial charge in [0.05, 0.1) is 11.6 Å². The molecule has 0 atom stereocenters. The van der Waals surface area contributed by atoms with Crippen LogP contribution in [0.5, 0.6) is 11.5 Å². The van der Waals surface area contributed by atoms with Gasteiger partial charge in [0.15, 0.2) is 6.61 Å². The molecule has 0 aliphatic carbocycles. The van der Waals surface area contributed by atoms with E-state index in [1.165, 1.54) is 6.08 Å². The zero-order valence-electron chi connectivity index (χ0n) is 15.1. The van der Waals surface area contributed by atoms with Crippen LogP contribution in [0.25, 0.3) is 6.08 Å². The van der Waals surface area contributed by atoms with E-state index in [2.05, 4.69) is 33.7 Å². The summed E-state index contributed by atoms with van der Waals surface area (Å²) in [7, 11) is 1.56. The molecule has 7 heteroatoms. The topological polar surface area (TPSA) is 76.7 Å². The molecule has 0 spiro atoms. The molecule has 0 unspecified atom stereocenters. The van der Waals surface area contributed by atoms with Crippen molar-refractivity contribution in [3.63, 3.8) is 0 Å². The van der Waals surface area contributed by atoms with Crippen LogP contribution in [0.15, 0.2) is 53.0 Å². The second-order valence-electron chi connectivity index (χ2n) is 5.52. The number of amides is 2. The number of ether oxygens (including phenoxy) is 2. The highest BCUT2D eigenvalue weighted by molar-refractivity contribution is 9.10. The summed E-state index contributed by atoms with van der Waals surface area (Å²) in [5, 5.41) is 0. The Morgan fingerprint density at radius 3 is 2.59 bits per heavy atom. The number of para-hydroxylation sites is 1. The number of benzene rings is 2. The minimum Gasteiger partial charge on any atom is -0.496 e. The molecular weight excluding hydrogens is 412 g/mol. The molecule has 0 aliphatic heterocycles. The van der Waals surface area contributed by atoms with Crippen LogP contribution < -0.4 is 20.3 Å². The number of hydrazine groups is 1. The summed E-state index contributed by atoms with van der Waals surface area (Å²) < 4.78 is 11.4. The van der Waals surface area contributed by atoms with Gasteiger partial charge in [-0.1, -0.05) is 31.2 Å². The Balaban J connectivity index is 1.79. The van der Waals surface area contributed by atoms with Gasteiger partial charge >= 0.3 is 0 Å².